The van der Waals surface area contributed by atoms with Crippen LogP contribution in [0.1, 0.15) is 38.1 Å². The first-order valence-electron chi connectivity index (χ1n) is 8.95. The van der Waals surface area contributed by atoms with Crippen molar-refractivity contribution in [3.8, 4) is 0 Å². The third-order valence-corrected chi connectivity index (χ3v) is 4.15. The molecule has 0 aliphatic rings. The Morgan fingerprint density at radius 3 is 2.21 bits per heavy atom. The second-order valence-corrected chi connectivity index (χ2v) is 6.09. The van der Waals surface area contributed by atoms with Crippen molar-refractivity contribution in [1.29, 1.82) is 0 Å². The first-order valence-corrected chi connectivity index (χ1v) is 8.95. The molecule has 2 amide bonds. The van der Waals surface area contributed by atoms with Crippen LogP contribution in [0, 0.1) is 0 Å². The van der Waals surface area contributed by atoms with Gasteiger partial charge in [0.05, 0.1) is 18.4 Å². The monoisotopic (exact) mass is 392 g/mol. The van der Waals surface area contributed by atoms with Gasteiger partial charge in [-0.3, -0.25) is 14.3 Å². The molecule has 1 aromatic heterocycles. The molecule has 2 aromatic carbocycles. The number of amides is 2. The van der Waals surface area contributed by atoms with Crippen LogP contribution in [-0.2, 0) is 11.3 Å². The lowest BCUT2D eigenvalue weighted by Crippen LogP contribution is -2.18. The van der Waals surface area contributed by atoms with Crippen LogP contribution >= 0.6 is 0 Å². The van der Waals surface area contributed by atoms with E-state index in [1.807, 2.05) is 13.0 Å². The van der Waals surface area contributed by atoms with E-state index in [-0.39, 0.29) is 5.69 Å². The zero-order valence-electron chi connectivity index (χ0n) is 16.0. The van der Waals surface area contributed by atoms with E-state index in [9.17, 15) is 14.4 Å². The van der Waals surface area contributed by atoms with Gasteiger partial charge in [0.15, 0.2) is 5.69 Å². The Labute approximate surface area is 167 Å². The Hall–Kier alpha value is -3.94. The number of anilines is 2. The van der Waals surface area contributed by atoms with Crippen molar-refractivity contribution in [2.45, 2.75) is 13.5 Å². The average Bonchev–Trinajstić information content (AvgIpc) is 3.17. The zero-order chi connectivity index (χ0) is 20.8. The van der Waals surface area contributed by atoms with Gasteiger partial charge in [0.25, 0.3) is 11.8 Å². The molecule has 0 saturated heterocycles. The molecule has 0 bridgehead atoms. The van der Waals surface area contributed by atoms with Crippen LogP contribution in [0.15, 0.2) is 60.8 Å². The number of hydrogen-bond donors (Lipinski definition) is 2. The van der Waals surface area contributed by atoms with Crippen LogP contribution < -0.4 is 10.6 Å². The summed E-state index contributed by atoms with van der Waals surface area (Å²) in [6.45, 7) is 2.42. The predicted molar refractivity (Wildman–Crippen MR) is 108 cm³/mol. The lowest BCUT2D eigenvalue weighted by atomic mass is 10.1. The summed E-state index contributed by atoms with van der Waals surface area (Å²) in [7, 11) is 1.29. The van der Waals surface area contributed by atoms with Crippen LogP contribution in [-0.4, -0.2) is 34.7 Å². The highest BCUT2D eigenvalue weighted by Crippen LogP contribution is 2.18. The number of para-hydroxylation sites is 1. The van der Waals surface area contributed by atoms with E-state index < -0.39 is 17.8 Å². The number of aryl methyl sites for hydroxylation is 1. The molecule has 0 spiro atoms. The normalized spacial score (nSPS) is 10.3. The molecule has 2 N–H and O–H groups in total. The molecule has 3 rings (SSSR count). The molecule has 29 heavy (non-hydrogen) atoms. The number of ether oxygens (including phenoxy) is 1. The van der Waals surface area contributed by atoms with Gasteiger partial charge in [-0.05, 0) is 43.3 Å². The van der Waals surface area contributed by atoms with Gasteiger partial charge in [-0.2, -0.15) is 5.10 Å². The van der Waals surface area contributed by atoms with Gasteiger partial charge >= 0.3 is 5.97 Å². The lowest BCUT2D eigenvalue weighted by molar-refractivity contribution is 0.0600. The van der Waals surface area contributed by atoms with Crippen LogP contribution in [0.2, 0.25) is 0 Å². The SMILES string of the molecule is CCn1cc(NC(=O)c2ccc(C(=O)OC)cc2)c(C(=O)Nc2ccccc2)n1. The zero-order valence-corrected chi connectivity index (χ0v) is 16.0. The number of esters is 1. The van der Waals surface area contributed by atoms with Gasteiger partial charge in [0.2, 0.25) is 0 Å². The molecule has 0 saturated carbocycles. The molecule has 0 aliphatic heterocycles. The maximum Gasteiger partial charge on any atom is 0.337 e. The third-order valence-electron chi connectivity index (χ3n) is 4.15. The minimum absolute atomic E-state index is 0.107. The summed E-state index contributed by atoms with van der Waals surface area (Å²) < 4.78 is 6.21. The van der Waals surface area contributed by atoms with Crippen LogP contribution in [0.4, 0.5) is 11.4 Å². The number of rotatable bonds is 6. The van der Waals surface area contributed by atoms with Crippen molar-refractivity contribution in [2.24, 2.45) is 0 Å². The molecular weight excluding hydrogens is 372 g/mol. The molecule has 0 atom stereocenters. The van der Waals surface area contributed by atoms with E-state index >= 15 is 0 Å². The van der Waals surface area contributed by atoms with Gasteiger partial charge < -0.3 is 15.4 Å². The predicted octanol–water partition coefficient (Wildman–Crippen LogP) is 3.19. The molecule has 148 valence electrons. The van der Waals surface area contributed by atoms with E-state index in [1.54, 1.807) is 35.1 Å². The molecule has 0 fully saturated rings. The van der Waals surface area contributed by atoms with Crippen molar-refractivity contribution < 1.29 is 19.1 Å². The van der Waals surface area contributed by atoms with E-state index in [0.717, 1.165) is 0 Å². The molecule has 0 radical (unpaired) electrons. The van der Waals surface area contributed by atoms with Crippen LogP contribution in [0.25, 0.3) is 0 Å². The van der Waals surface area contributed by atoms with E-state index in [2.05, 4.69) is 20.5 Å². The van der Waals surface area contributed by atoms with E-state index in [1.165, 1.54) is 31.4 Å². The molecule has 1 heterocycles. The minimum atomic E-state index is -0.485. The van der Waals surface area contributed by atoms with Gasteiger partial charge in [0, 0.05) is 24.0 Å². The molecule has 8 heteroatoms. The topological polar surface area (TPSA) is 102 Å². The molecule has 0 aliphatic carbocycles. The lowest BCUT2D eigenvalue weighted by Gasteiger charge is -2.07. The quantitative estimate of drug-likeness (QED) is 0.627. The number of nitrogens with one attached hydrogen (secondary N) is 2. The Kier molecular flexibility index (Phi) is 6.03. The Bertz CT molecular complexity index is 1030. The summed E-state index contributed by atoms with van der Waals surface area (Å²) >= 11 is 0. The highest BCUT2D eigenvalue weighted by Gasteiger charge is 2.19. The third kappa shape index (κ3) is 4.67. The summed E-state index contributed by atoms with van der Waals surface area (Å²) in [6, 6.07) is 15.0. The second kappa shape index (κ2) is 8.83. The highest BCUT2D eigenvalue weighted by atomic mass is 16.5. The second-order valence-electron chi connectivity index (χ2n) is 6.09. The largest absolute Gasteiger partial charge is 0.465 e. The van der Waals surface area contributed by atoms with Crippen molar-refractivity contribution in [3.63, 3.8) is 0 Å². The Morgan fingerprint density at radius 1 is 0.931 bits per heavy atom. The van der Waals surface area contributed by atoms with Crippen LogP contribution in [0.3, 0.4) is 0 Å². The Morgan fingerprint density at radius 2 is 1.59 bits per heavy atom. The summed E-state index contributed by atoms with van der Waals surface area (Å²) in [6.07, 6.45) is 1.60. The molecule has 3 aromatic rings. The van der Waals surface area contributed by atoms with Gasteiger partial charge in [-0.15, -0.1) is 0 Å². The van der Waals surface area contributed by atoms with Gasteiger partial charge in [-0.25, -0.2) is 4.79 Å². The minimum Gasteiger partial charge on any atom is -0.465 e. The number of aromatic nitrogens is 2. The fourth-order valence-corrected chi connectivity index (χ4v) is 2.62. The summed E-state index contributed by atoms with van der Waals surface area (Å²) in [5, 5.41) is 9.72. The number of hydrogen-bond acceptors (Lipinski definition) is 5. The summed E-state index contributed by atoms with van der Waals surface area (Å²) in [5.74, 6) is -1.34. The van der Waals surface area contributed by atoms with Crippen molar-refractivity contribution in [1.82, 2.24) is 9.78 Å². The number of nitrogens with zero attached hydrogens (tertiary/aromatic N) is 2. The number of methoxy groups -OCH3 is 1. The molecule has 8 nitrogen and oxygen atoms in total. The molecular formula is C21H20N4O4. The van der Waals surface area contributed by atoms with Crippen molar-refractivity contribution in [3.05, 3.63) is 77.6 Å². The highest BCUT2D eigenvalue weighted by molar-refractivity contribution is 6.11. The van der Waals surface area contributed by atoms with Crippen molar-refractivity contribution >= 4 is 29.2 Å². The number of benzene rings is 2. The fraction of sp³-hybridized carbons (Fsp3) is 0.143. The summed E-state index contributed by atoms with van der Waals surface area (Å²) in [4.78, 5) is 36.8. The van der Waals surface area contributed by atoms with Gasteiger partial charge in [-0.1, -0.05) is 18.2 Å². The van der Waals surface area contributed by atoms with E-state index in [4.69, 9.17) is 0 Å². The Balaban J connectivity index is 1.79. The first-order chi connectivity index (χ1) is 14.0. The maximum atomic E-state index is 12.6. The number of carbonyl (C=O) groups excluding carboxylic acids is 3. The van der Waals surface area contributed by atoms with Crippen LogP contribution in [0.5, 0.6) is 0 Å². The van der Waals surface area contributed by atoms with Crippen molar-refractivity contribution in [2.75, 3.05) is 17.7 Å². The number of carbonyl (C=O) groups is 3. The van der Waals surface area contributed by atoms with E-state index in [0.29, 0.717) is 29.0 Å². The average molecular weight is 392 g/mol. The van der Waals surface area contributed by atoms with Gasteiger partial charge in [0.1, 0.15) is 0 Å². The standard InChI is InChI=1S/C21H20N4O4/c1-3-25-13-17(18(24-25)20(27)22-16-7-5-4-6-8-16)23-19(26)14-9-11-15(12-10-14)21(28)29-2/h4-13H,3H2,1-2H3,(H,22,27)(H,23,26). The molecule has 0 unspecified atom stereocenters. The maximum absolute atomic E-state index is 12.6. The smallest absolute Gasteiger partial charge is 0.337 e. The summed E-state index contributed by atoms with van der Waals surface area (Å²) in [5.41, 5.74) is 1.69. The fourth-order valence-electron chi connectivity index (χ4n) is 2.62. The first kappa shape index (κ1) is 19.8.